The minimum absolute atomic E-state index is 1.02. The number of para-hydroxylation sites is 4. The average molecular weight is 777 g/mol. The Kier molecular flexibility index (Phi) is 11.2. The van der Waals surface area contributed by atoms with E-state index in [1.165, 1.54) is 0 Å². The predicted molar refractivity (Wildman–Crippen MR) is 255 cm³/mol. The van der Waals surface area contributed by atoms with Crippen LogP contribution in [0.5, 0.6) is 0 Å². The molecular weight excluding hydrogens is 733 g/mol. The fourth-order valence-corrected chi connectivity index (χ4v) is 7.17. The zero-order valence-electron chi connectivity index (χ0n) is 33.0. The first-order valence-electron chi connectivity index (χ1n) is 20.1. The molecule has 9 aromatic rings. The molecule has 0 spiro atoms. The van der Waals surface area contributed by atoms with Crippen LogP contribution in [-0.4, -0.2) is 0 Å². The molecule has 0 radical (unpaired) electrons. The van der Waals surface area contributed by atoms with E-state index in [-0.39, 0.29) is 0 Å². The summed E-state index contributed by atoms with van der Waals surface area (Å²) < 4.78 is 0. The highest BCUT2D eigenvalue weighted by Crippen LogP contribution is 2.40. The maximum atomic E-state index is 3.52. The van der Waals surface area contributed by atoms with Gasteiger partial charge in [-0.3, -0.25) is 0 Å². The molecule has 0 aliphatic rings. The lowest BCUT2D eigenvalue weighted by Crippen LogP contribution is -2.12. The molecule has 0 aliphatic heterocycles. The number of rotatable bonds is 14. The molecule has 0 saturated carbocycles. The number of nitrogens with one attached hydrogen (secondary N) is 4. The van der Waals surface area contributed by atoms with E-state index >= 15 is 0 Å². The highest BCUT2D eigenvalue weighted by Gasteiger charge is 2.17. The molecule has 0 saturated heterocycles. The number of benzene rings is 9. The first kappa shape index (κ1) is 37.4. The summed E-state index contributed by atoms with van der Waals surface area (Å²) in [4.78, 5) is 4.58. The lowest BCUT2D eigenvalue weighted by molar-refractivity contribution is 1.25. The highest BCUT2D eigenvalue weighted by atomic mass is 15.2. The van der Waals surface area contributed by atoms with Crippen molar-refractivity contribution in [1.29, 1.82) is 0 Å². The molecule has 0 atom stereocenters. The minimum Gasteiger partial charge on any atom is -0.356 e. The summed E-state index contributed by atoms with van der Waals surface area (Å²) in [6.07, 6.45) is 0. The summed E-state index contributed by atoms with van der Waals surface area (Å²) in [6.45, 7) is 0. The van der Waals surface area contributed by atoms with Gasteiger partial charge < -0.3 is 31.1 Å². The molecule has 0 aromatic heterocycles. The largest absolute Gasteiger partial charge is 0.356 e. The topological polar surface area (TPSA) is 54.6 Å². The smallest absolute Gasteiger partial charge is 0.0463 e. The second-order valence-electron chi connectivity index (χ2n) is 14.3. The van der Waals surface area contributed by atoms with E-state index in [0.29, 0.717) is 0 Å². The third-order valence-electron chi connectivity index (χ3n) is 10.1. The fourth-order valence-electron chi connectivity index (χ4n) is 7.17. The first-order valence-corrected chi connectivity index (χ1v) is 20.1. The maximum Gasteiger partial charge on any atom is 0.0463 e. The Balaban J connectivity index is 1.04. The third kappa shape index (κ3) is 9.15. The van der Waals surface area contributed by atoms with Gasteiger partial charge in [-0.2, -0.15) is 0 Å². The molecule has 4 N–H and O–H groups in total. The lowest BCUT2D eigenvalue weighted by atomic mass is 10.1. The van der Waals surface area contributed by atoms with Crippen molar-refractivity contribution >= 4 is 79.6 Å². The Bertz CT molecular complexity index is 2330. The number of hydrogen-bond donors (Lipinski definition) is 4. The average Bonchev–Trinajstić information content (AvgIpc) is 3.31. The second kappa shape index (κ2) is 17.9. The van der Waals surface area contributed by atoms with Gasteiger partial charge in [0, 0.05) is 79.6 Å². The second-order valence-corrected chi connectivity index (χ2v) is 14.3. The molecule has 6 heteroatoms. The van der Waals surface area contributed by atoms with E-state index in [0.717, 1.165) is 79.6 Å². The van der Waals surface area contributed by atoms with Crippen LogP contribution in [0.1, 0.15) is 0 Å². The van der Waals surface area contributed by atoms with Gasteiger partial charge in [-0.25, -0.2) is 0 Å². The molecule has 0 fully saturated rings. The molecule has 9 aromatic carbocycles. The van der Waals surface area contributed by atoms with Crippen LogP contribution in [0.25, 0.3) is 0 Å². The summed E-state index contributed by atoms with van der Waals surface area (Å²) in [5.74, 6) is 0. The quantitative estimate of drug-likeness (QED) is 0.0882. The van der Waals surface area contributed by atoms with Gasteiger partial charge in [0.15, 0.2) is 0 Å². The zero-order valence-corrected chi connectivity index (χ0v) is 33.0. The van der Waals surface area contributed by atoms with Crippen LogP contribution in [0, 0.1) is 0 Å². The molecule has 0 bridgehead atoms. The van der Waals surface area contributed by atoms with Gasteiger partial charge in [-0.05, 0) is 170 Å². The standard InChI is InChI=1S/C54H44N6/c1-5-13-41(14-6-1)55-45-21-29-49(30-22-45)59(50-31-23-46(24-32-50)56-42-15-7-2-8-16-42)53-37-39-54(40-38-53)60(51-33-25-47(26-34-51)57-43-17-9-3-10-18-43)52-35-27-48(28-36-52)58-44-19-11-4-12-20-44/h1-40,55-58H. The third-order valence-corrected chi connectivity index (χ3v) is 10.1. The molecule has 0 heterocycles. The van der Waals surface area contributed by atoms with Crippen LogP contribution in [-0.2, 0) is 0 Å². The first-order chi connectivity index (χ1) is 29.7. The van der Waals surface area contributed by atoms with E-state index in [1.54, 1.807) is 0 Å². The van der Waals surface area contributed by atoms with Crippen molar-refractivity contribution < 1.29 is 0 Å². The van der Waals surface area contributed by atoms with E-state index in [2.05, 4.69) is 201 Å². The molecule has 0 unspecified atom stereocenters. The van der Waals surface area contributed by atoms with Gasteiger partial charge >= 0.3 is 0 Å². The van der Waals surface area contributed by atoms with Gasteiger partial charge in [-0.15, -0.1) is 0 Å². The highest BCUT2D eigenvalue weighted by molar-refractivity contribution is 5.83. The van der Waals surface area contributed by atoms with Gasteiger partial charge in [0.05, 0.1) is 0 Å². The van der Waals surface area contributed by atoms with E-state index in [1.807, 2.05) is 72.8 Å². The Hall–Kier alpha value is -8.22. The molecular formula is C54H44N6. The lowest BCUT2D eigenvalue weighted by Gasteiger charge is -2.29. The Morgan fingerprint density at radius 3 is 0.500 bits per heavy atom. The maximum absolute atomic E-state index is 3.52. The van der Waals surface area contributed by atoms with Crippen molar-refractivity contribution in [3.05, 3.63) is 243 Å². The van der Waals surface area contributed by atoms with Crippen LogP contribution >= 0.6 is 0 Å². The molecule has 0 aliphatic carbocycles. The van der Waals surface area contributed by atoms with Gasteiger partial charge in [0.1, 0.15) is 0 Å². The van der Waals surface area contributed by atoms with Crippen molar-refractivity contribution in [2.24, 2.45) is 0 Å². The molecule has 290 valence electrons. The Morgan fingerprint density at radius 2 is 0.317 bits per heavy atom. The zero-order chi connectivity index (χ0) is 40.4. The van der Waals surface area contributed by atoms with Crippen LogP contribution in [0.15, 0.2) is 243 Å². The van der Waals surface area contributed by atoms with Gasteiger partial charge in [0.25, 0.3) is 0 Å². The van der Waals surface area contributed by atoms with E-state index < -0.39 is 0 Å². The molecule has 60 heavy (non-hydrogen) atoms. The van der Waals surface area contributed by atoms with Crippen molar-refractivity contribution in [2.45, 2.75) is 0 Å². The number of nitrogens with zero attached hydrogens (tertiary/aromatic N) is 2. The Labute approximate surface area is 352 Å². The van der Waals surface area contributed by atoms with Crippen LogP contribution in [0.4, 0.5) is 79.6 Å². The van der Waals surface area contributed by atoms with Crippen molar-refractivity contribution in [3.63, 3.8) is 0 Å². The van der Waals surface area contributed by atoms with Gasteiger partial charge in [0.2, 0.25) is 0 Å². The fraction of sp³-hybridized carbons (Fsp3) is 0. The molecule has 0 amide bonds. The normalized spacial score (nSPS) is 10.7. The van der Waals surface area contributed by atoms with Crippen LogP contribution in [0.3, 0.4) is 0 Å². The van der Waals surface area contributed by atoms with Crippen LogP contribution < -0.4 is 31.1 Å². The summed E-state index contributed by atoms with van der Waals surface area (Å²) in [5.41, 5.74) is 14.5. The number of anilines is 14. The molecule has 6 nitrogen and oxygen atoms in total. The summed E-state index contributed by atoms with van der Waals surface area (Å²) in [5, 5.41) is 14.1. The van der Waals surface area contributed by atoms with Crippen molar-refractivity contribution in [1.82, 2.24) is 0 Å². The summed E-state index contributed by atoms with van der Waals surface area (Å²) in [6, 6.07) is 84.1. The van der Waals surface area contributed by atoms with E-state index in [9.17, 15) is 0 Å². The van der Waals surface area contributed by atoms with E-state index in [4.69, 9.17) is 0 Å². The summed E-state index contributed by atoms with van der Waals surface area (Å²) >= 11 is 0. The Morgan fingerprint density at radius 1 is 0.167 bits per heavy atom. The van der Waals surface area contributed by atoms with Crippen LogP contribution in [0.2, 0.25) is 0 Å². The summed E-state index contributed by atoms with van der Waals surface area (Å²) in [7, 11) is 0. The monoisotopic (exact) mass is 776 g/mol. The number of hydrogen-bond acceptors (Lipinski definition) is 6. The van der Waals surface area contributed by atoms with Crippen molar-refractivity contribution in [3.8, 4) is 0 Å². The molecule has 9 rings (SSSR count). The van der Waals surface area contributed by atoms with Gasteiger partial charge in [-0.1, -0.05) is 72.8 Å². The predicted octanol–water partition coefficient (Wildman–Crippen LogP) is 15.6. The minimum atomic E-state index is 1.02. The van der Waals surface area contributed by atoms with Crippen molar-refractivity contribution in [2.75, 3.05) is 31.1 Å². The SMILES string of the molecule is c1ccc(Nc2ccc(N(c3ccc(Nc4ccccc4)cc3)c3ccc(N(c4ccc(Nc5ccccc5)cc4)c4ccc(Nc5ccccc5)cc4)cc3)cc2)cc1.